The van der Waals surface area contributed by atoms with Crippen LogP contribution in [0.3, 0.4) is 0 Å². The maximum Gasteiger partial charge on any atom is 0.142 e. The van der Waals surface area contributed by atoms with Gasteiger partial charge >= 0.3 is 0 Å². The lowest BCUT2D eigenvalue weighted by molar-refractivity contribution is 0.670. The molecule has 1 aromatic heterocycles. The van der Waals surface area contributed by atoms with Crippen molar-refractivity contribution in [3.63, 3.8) is 0 Å². The minimum absolute atomic E-state index is 0.353. The standard InChI is InChI=1S/C16H14BrN3/c17-11-7-5-10(6-8-11)15-12-3-1-2-4-14(12)20-16(19)13(15)9-18/h5-8H,1-4H2,(H2,19,20). The summed E-state index contributed by atoms with van der Waals surface area (Å²) in [6.07, 6.45) is 4.22. The summed E-state index contributed by atoms with van der Waals surface area (Å²) in [4.78, 5) is 4.43. The van der Waals surface area contributed by atoms with Crippen LogP contribution >= 0.6 is 15.9 Å². The lowest BCUT2D eigenvalue weighted by Crippen LogP contribution is -2.11. The second-order valence-corrected chi connectivity index (χ2v) is 5.91. The van der Waals surface area contributed by atoms with E-state index in [1.807, 2.05) is 24.3 Å². The van der Waals surface area contributed by atoms with Crippen molar-refractivity contribution in [2.45, 2.75) is 25.7 Å². The quantitative estimate of drug-likeness (QED) is 0.865. The number of hydrogen-bond acceptors (Lipinski definition) is 3. The van der Waals surface area contributed by atoms with Gasteiger partial charge in [0.1, 0.15) is 17.5 Å². The van der Waals surface area contributed by atoms with Crippen LogP contribution in [0.25, 0.3) is 11.1 Å². The van der Waals surface area contributed by atoms with Gasteiger partial charge in [-0.2, -0.15) is 5.26 Å². The molecule has 1 aliphatic carbocycles. The highest BCUT2D eigenvalue weighted by atomic mass is 79.9. The van der Waals surface area contributed by atoms with Crippen LogP contribution in [0.2, 0.25) is 0 Å². The Morgan fingerprint density at radius 3 is 2.55 bits per heavy atom. The van der Waals surface area contributed by atoms with E-state index in [4.69, 9.17) is 5.73 Å². The first-order valence-electron chi connectivity index (χ1n) is 6.68. The van der Waals surface area contributed by atoms with Gasteiger partial charge < -0.3 is 5.73 Å². The molecular weight excluding hydrogens is 314 g/mol. The van der Waals surface area contributed by atoms with Gasteiger partial charge in [-0.15, -0.1) is 0 Å². The van der Waals surface area contributed by atoms with E-state index in [1.165, 1.54) is 5.56 Å². The third kappa shape index (κ3) is 2.19. The molecule has 3 rings (SSSR count). The first-order chi connectivity index (χ1) is 9.70. The molecule has 20 heavy (non-hydrogen) atoms. The molecule has 100 valence electrons. The third-order valence-electron chi connectivity index (χ3n) is 3.75. The molecular formula is C16H14BrN3. The second kappa shape index (κ2) is 5.26. The number of hydrogen-bond donors (Lipinski definition) is 1. The largest absolute Gasteiger partial charge is 0.383 e. The summed E-state index contributed by atoms with van der Waals surface area (Å²) < 4.78 is 1.02. The summed E-state index contributed by atoms with van der Waals surface area (Å²) in [5.74, 6) is 0.353. The molecule has 0 bridgehead atoms. The fourth-order valence-electron chi connectivity index (χ4n) is 2.81. The maximum atomic E-state index is 9.44. The molecule has 0 radical (unpaired) electrons. The molecule has 1 heterocycles. The molecule has 2 aromatic rings. The van der Waals surface area contributed by atoms with Crippen LogP contribution in [-0.2, 0) is 12.8 Å². The van der Waals surface area contributed by atoms with Crippen LogP contribution in [0.5, 0.6) is 0 Å². The number of rotatable bonds is 1. The highest BCUT2D eigenvalue weighted by Crippen LogP contribution is 2.36. The zero-order valence-electron chi connectivity index (χ0n) is 11.0. The molecule has 0 aliphatic heterocycles. The van der Waals surface area contributed by atoms with Gasteiger partial charge in [0.15, 0.2) is 0 Å². The lowest BCUT2D eigenvalue weighted by Gasteiger charge is -2.21. The number of halogens is 1. The average Bonchev–Trinajstić information content (AvgIpc) is 2.47. The lowest BCUT2D eigenvalue weighted by atomic mass is 9.87. The molecule has 0 saturated carbocycles. The van der Waals surface area contributed by atoms with E-state index in [-0.39, 0.29) is 0 Å². The third-order valence-corrected chi connectivity index (χ3v) is 4.28. The smallest absolute Gasteiger partial charge is 0.142 e. The summed E-state index contributed by atoms with van der Waals surface area (Å²) in [5, 5.41) is 9.44. The van der Waals surface area contributed by atoms with Crippen molar-refractivity contribution in [2.24, 2.45) is 0 Å². The Labute approximate surface area is 126 Å². The summed E-state index contributed by atoms with van der Waals surface area (Å²) in [6.45, 7) is 0. The van der Waals surface area contributed by atoms with Crippen LogP contribution in [0.15, 0.2) is 28.7 Å². The molecule has 2 N–H and O–H groups in total. The number of benzene rings is 1. The molecule has 0 spiro atoms. The number of fused-ring (bicyclic) bond motifs is 1. The SMILES string of the molecule is N#Cc1c(N)nc2c(c1-c1ccc(Br)cc1)CCCC2. The highest BCUT2D eigenvalue weighted by molar-refractivity contribution is 9.10. The molecule has 0 unspecified atom stereocenters. The first-order valence-corrected chi connectivity index (χ1v) is 7.47. The number of aromatic nitrogens is 1. The van der Waals surface area contributed by atoms with Crippen molar-refractivity contribution < 1.29 is 0 Å². The van der Waals surface area contributed by atoms with Gasteiger partial charge in [0.2, 0.25) is 0 Å². The van der Waals surface area contributed by atoms with E-state index in [0.29, 0.717) is 11.4 Å². The number of anilines is 1. The molecule has 0 atom stereocenters. The Bertz CT molecular complexity index is 699. The first kappa shape index (κ1) is 13.1. The number of pyridine rings is 1. The van der Waals surface area contributed by atoms with Gasteiger partial charge in [0, 0.05) is 15.7 Å². The van der Waals surface area contributed by atoms with Crippen molar-refractivity contribution in [3.05, 3.63) is 45.6 Å². The normalized spacial score (nSPS) is 13.6. The predicted molar refractivity (Wildman–Crippen MR) is 83.1 cm³/mol. The van der Waals surface area contributed by atoms with Crippen molar-refractivity contribution >= 4 is 21.7 Å². The topological polar surface area (TPSA) is 62.7 Å². The Kier molecular flexibility index (Phi) is 3.45. The van der Waals surface area contributed by atoms with Gasteiger partial charge in [-0.3, -0.25) is 0 Å². The van der Waals surface area contributed by atoms with Crippen molar-refractivity contribution in [2.75, 3.05) is 5.73 Å². The van der Waals surface area contributed by atoms with Crippen LogP contribution in [-0.4, -0.2) is 4.98 Å². The van der Waals surface area contributed by atoms with Crippen LogP contribution < -0.4 is 5.73 Å². The molecule has 0 fully saturated rings. The zero-order valence-corrected chi connectivity index (χ0v) is 12.6. The summed E-state index contributed by atoms with van der Waals surface area (Å²) >= 11 is 3.44. The Morgan fingerprint density at radius 1 is 1.15 bits per heavy atom. The Hall–Kier alpha value is -1.86. The van der Waals surface area contributed by atoms with Gasteiger partial charge in [-0.05, 0) is 48.9 Å². The van der Waals surface area contributed by atoms with Crippen LogP contribution in [0.4, 0.5) is 5.82 Å². The Balaban J connectivity index is 2.29. The van der Waals surface area contributed by atoms with Gasteiger partial charge in [0.25, 0.3) is 0 Å². The zero-order chi connectivity index (χ0) is 14.1. The van der Waals surface area contributed by atoms with Crippen LogP contribution in [0, 0.1) is 11.3 Å². The van der Waals surface area contributed by atoms with Crippen molar-refractivity contribution in [1.29, 1.82) is 5.26 Å². The van der Waals surface area contributed by atoms with Gasteiger partial charge in [0.05, 0.1) is 0 Å². The minimum atomic E-state index is 0.353. The van der Waals surface area contributed by atoms with Gasteiger partial charge in [-0.25, -0.2) is 4.98 Å². The average molecular weight is 328 g/mol. The number of nitrogens with two attached hydrogens (primary N) is 1. The molecule has 0 amide bonds. The second-order valence-electron chi connectivity index (χ2n) is 5.00. The number of nitriles is 1. The van der Waals surface area contributed by atoms with E-state index < -0.39 is 0 Å². The fraction of sp³-hybridized carbons (Fsp3) is 0.250. The molecule has 3 nitrogen and oxygen atoms in total. The van der Waals surface area contributed by atoms with E-state index in [2.05, 4.69) is 27.0 Å². The van der Waals surface area contributed by atoms with Crippen molar-refractivity contribution in [1.82, 2.24) is 4.98 Å². The molecule has 1 aromatic carbocycles. The van der Waals surface area contributed by atoms with Crippen molar-refractivity contribution in [3.8, 4) is 17.2 Å². The Morgan fingerprint density at radius 2 is 1.85 bits per heavy atom. The predicted octanol–water partition coefficient (Wildman–Crippen LogP) is 3.84. The van der Waals surface area contributed by atoms with Gasteiger partial charge in [-0.1, -0.05) is 28.1 Å². The monoisotopic (exact) mass is 327 g/mol. The maximum absolute atomic E-state index is 9.44. The summed E-state index contributed by atoms with van der Waals surface area (Å²) in [5.41, 5.74) is 10.8. The summed E-state index contributed by atoms with van der Waals surface area (Å²) in [7, 11) is 0. The molecule has 1 aliphatic rings. The summed E-state index contributed by atoms with van der Waals surface area (Å²) in [6, 6.07) is 10.2. The molecule has 0 saturated heterocycles. The number of aryl methyl sites for hydroxylation is 1. The number of nitrogen functional groups attached to an aromatic ring is 1. The van der Waals surface area contributed by atoms with E-state index in [1.54, 1.807) is 0 Å². The highest BCUT2D eigenvalue weighted by Gasteiger charge is 2.21. The van der Waals surface area contributed by atoms with E-state index in [9.17, 15) is 5.26 Å². The fourth-order valence-corrected chi connectivity index (χ4v) is 3.07. The number of nitrogens with zero attached hydrogens (tertiary/aromatic N) is 2. The van der Waals surface area contributed by atoms with E-state index in [0.717, 1.165) is 47.0 Å². The van der Waals surface area contributed by atoms with E-state index >= 15 is 0 Å². The minimum Gasteiger partial charge on any atom is -0.383 e. The molecule has 4 heteroatoms. The van der Waals surface area contributed by atoms with Crippen LogP contribution in [0.1, 0.15) is 29.7 Å².